The number of hydrogen-bond donors (Lipinski definition) is 1. The Morgan fingerprint density at radius 1 is 1.00 bits per heavy atom. The summed E-state index contributed by atoms with van der Waals surface area (Å²) in [4.78, 5) is 12.5. The first-order valence-electron chi connectivity index (χ1n) is 8.00. The second kappa shape index (κ2) is 7.27. The Kier molecular flexibility index (Phi) is 5.52. The predicted octanol–water partition coefficient (Wildman–Crippen LogP) is 3.32. The number of sulfonamides is 1. The Hall–Kier alpha value is -2.34. The van der Waals surface area contributed by atoms with Crippen LogP contribution < -0.4 is 9.62 Å². The zero-order valence-corrected chi connectivity index (χ0v) is 16.1. The van der Waals surface area contributed by atoms with E-state index in [2.05, 4.69) is 5.32 Å². The van der Waals surface area contributed by atoms with Gasteiger partial charge in [-0.05, 0) is 56.0 Å². The molecule has 0 radical (unpaired) electrons. The van der Waals surface area contributed by atoms with Gasteiger partial charge >= 0.3 is 0 Å². The van der Waals surface area contributed by atoms with Crippen LogP contribution in [0.1, 0.15) is 22.3 Å². The van der Waals surface area contributed by atoms with Crippen LogP contribution in [0.2, 0.25) is 0 Å². The molecular formula is C19H24N2O3S. The second-order valence-electron chi connectivity index (χ2n) is 6.37. The highest BCUT2D eigenvalue weighted by atomic mass is 32.2. The van der Waals surface area contributed by atoms with Gasteiger partial charge in [0, 0.05) is 5.69 Å². The van der Waals surface area contributed by atoms with Crippen LogP contribution in [0.25, 0.3) is 0 Å². The lowest BCUT2D eigenvalue weighted by molar-refractivity contribution is -0.114. The Bertz CT molecular complexity index is 885. The molecule has 5 nitrogen and oxygen atoms in total. The lowest BCUT2D eigenvalue weighted by Crippen LogP contribution is -2.38. The molecule has 1 N–H and O–H groups in total. The van der Waals surface area contributed by atoms with Gasteiger partial charge in [0.25, 0.3) is 0 Å². The molecule has 0 aliphatic rings. The van der Waals surface area contributed by atoms with Crippen LogP contribution in [-0.2, 0) is 14.8 Å². The van der Waals surface area contributed by atoms with Crippen LogP contribution in [0.4, 0.5) is 11.4 Å². The smallest absolute Gasteiger partial charge is 0.245 e. The van der Waals surface area contributed by atoms with Gasteiger partial charge in [0.1, 0.15) is 6.54 Å². The van der Waals surface area contributed by atoms with Gasteiger partial charge in [-0.25, -0.2) is 8.42 Å². The minimum atomic E-state index is -3.59. The highest BCUT2D eigenvalue weighted by Crippen LogP contribution is 2.24. The Morgan fingerprint density at radius 3 is 2.16 bits per heavy atom. The Labute approximate surface area is 149 Å². The highest BCUT2D eigenvalue weighted by molar-refractivity contribution is 7.92. The molecule has 0 aliphatic carbocycles. The maximum Gasteiger partial charge on any atom is 0.245 e. The van der Waals surface area contributed by atoms with Crippen molar-refractivity contribution in [3.63, 3.8) is 0 Å². The molecule has 0 spiro atoms. The average molecular weight is 360 g/mol. The molecule has 0 fully saturated rings. The van der Waals surface area contributed by atoms with Crippen molar-refractivity contribution in [1.29, 1.82) is 0 Å². The fourth-order valence-corrected chi connectivity index (χ4v) is 3.60. The first kappa shape index (κ1) is 19.0. The van der Waals surface area contributed by atoms with Crippen LogP contribution in [0.5, 0.6) is 0 Å². The molecule has 0 unspecified atom stereocenters. The number of nitrogens with zero attached hydrogens (tertiary/aromatic N) is 1. The summed E-state index contributed by atoms with van der Waals surface area (Å²) in [5.41, 5.74) is 4.86. The molecule has 2 aromatic carbocycles. The summed E-state index contributed by atoms with van der Waals surface area (Å²) in [6.45, 7) is 7.26. The van der Waals surface area contributed by atoms with Gasteiger partial charge in [0.15, 0.2) is 0 Å². The van der Waals surface area contributed by atoms with E-state index in [4.69, 9.17) is 0 Å². The van der Waals surface area contributed by atoms with E-state index in [1.165, 1.54) is 0 Å². The van der Waals surface area contributed by atoms with E-state index in [0.717, 1.165) is 38.5 Å². The summed E-state index contributed by atoms with van der Waals surface area (Å²) in [6, 6.07) is 11.3. The minimum Gasteiger partial charge on any atom is -0.324 e. The normalized spacial score (nSPS) is 11.2. The van der Waals surface area contributed by atoms with Crippen molar-refractivity contribution in [2.24, 2.45) is 0 Å². The quantitative estimate of drug-likeness (QED) is 0.889. The molecule has 134 valence electrons. The average Bonchev–Trinajstić information content (AvgIpc) is 2.50. The van der Waals surface area contributed by atoms with Crippen LogP contribution in [-0.4, -0.2) is 27.1 Å². The summed E-state index contributed by atoms with van der Waals surface area (Å²) >= 11 is 0. The first-order chi connectivity index (χ1) is 11.6. The van der Waals surface area contributed by atoms with Crippen molar-refractivity contribution in [2.45, 2.75) is 27.7 Å². The summed E-state index contributed by atoms with van der Waals surface area (Å²) < 4.78 is 25.7. The van der Waals surface area contributed by atoms with Crippen LogP contribution in [0.15, 0.2) is 36.4 Å². The van der Waals surface area contributed by atoms with E-state index in [0.29, 0.717) is 5.69 Å². The van der Waals surface area contributed by atoms with E-state index < -0.39 is 10.0 Å². The van der Waals surface area contributed by atoms with Crippen molar-refractivity contribution in [2.75, 3.05) is 22.4 Å². The van der Waals surface area contributed by atoms with Crippen molar-refractivity contribution in [3.8, 4) is 0 Å². The van der Waals surface area contributed by atoms with Crippen molar-refractivity contribution >= 4 is 27.3 Å². The van der Waals surface area contributed by atoms with Gasteiger partial charge in [-0.15, -0.1) is 0 Å². The van der Waals surface area contributed by atoms with E-state index >= 15 is 0 Å². The van der Waals surface area contributed by atoms with Gasteiger partial charge in [-0.1, -0.05) is 30.3 Å². The Morgan fingerprint density at radius 2 is 1.60 bits per heavy atom. The third kappa shape index (κ3) is 4.60. The highest BCUT2D eigenvalue weighted by Gasteiger charge is 2.23. The fourth-order valence-electron chi connectivity index (χ4n) is 2.69. The number of aryl methyl sites for hydroxylation is 4. The lowest BCUT2D eigenvalue weighted by Gasteiger charge is -2.24. The number of carbonyl (C=O) groups is 1. The van der Waals surface area contributed by atoms with Gasteiger partial charge in [0.05, 0.1) is 11.9 Å². The molecular weight excluding hydrogens is 336 g/mol. The maximum atomic E-state index is 12.5. The number of rotatable bonds is 5. The molecule has 0 heterocycles. The molecule has 0 atom stereocenters. The van der Waals surface area contributed by atoms with Gasteiger partial charge in [0.2, 0.25) is 15.9 Å². The standard InChI is InChI=1S/C19H24N2O3S/c1-13-9-10-14(2)17(11-13)21(25(5,23)24)12-18(22)20-19-15(3)7-6-8-16(19)4/h6-11H,12H2,1-5H3,(H,20,22). The lowest BCUT2D eigenvalue weighted by atomic mass is 10.1. The number of anilines is 2. The van der Waals surface area contributed by atoms with E-state index in [9.17, 15) is 13.2 Å². The van der Waals surface area contributed by atoms with Crippen molar-refractivity contribution < 1.29 is 13.2 Å². The molecule has 0 saturated carbocycles. The minimum absolute atomic E-state index is 0.267. The third-order valence-corrected chi connectivity index (χ3v) is 5.19. The SMILES string of the molecule is Cc1ccc(C)c(N(CC(=O)Nc2c(C)cccc2C)S(C)(=O)=O)c1. The Balaban J connectivity index is 2.32. The summed E-state index contributed by atoms with van der Waals surface area (Å²) in [5.74, 6) is -0.372. The molecule has 1 amide bonds. The number of hydrogen-bond acceptors (Lipinski definition) is 3. The monoisotopic (exact) mass is 360 g/mol. The molecule has 6 heteroatoms. The van der Waals surface area contributed by atoms with Crippen LogP contribution in [0, 0.1) is 27.7 Å². The number of benzene rings is 2. The first-order valence-corrected chi connectivity index (χ1v) is 9.85. The number of amides is 1. The summed E-state index contributed by atoms with van der Waals surface area (Å²) in [7, 11) is -3.59. The molecule has 25 heavy (non-hydrogen) atoms. The van der Waals surface area contributed by atoms with E-state index in [1.807, 2.05) is 58.0 Å². The van der Waals surface area contributed by atoms with E-state index in [-0.39, 0.29) is 12.5 Å². The molecule has 0 aromatic heterocycles. The molecule has 2 aromatic rings. The maximum absolute atomic E-state index is 12.5. The van der Waals surface area contributed by atoms with Crippen LogP contribution in [0.3, 0.4) is 0 Å². The number of carbonyl (C=O) groups excluding carboxylic acids is 1. The topological polar surface area (TPSA) is 66.5 Å². The van der Waals surface area contributed by atoms with Gasteiger partial charge in [-0.3, -0.25) is 9.10 Å². The van der Waals surface area contributed by atoms with E-state index in [1.54, 1.807) is 6.07 Å². The third-order valence-electron chi connectivity index (χ3n) is 4.07. The second-order valence-corrected chi connectivity index (χ2v) is 8.28. The van der Waals surface area contributed by atoms with Crippen LogP contribution >= 0.6 is 0 Å². The zero-order chi connectivity index (χ0) is 18.8. The number of para-hydroxylation sites is 1. The predicted molar refractivity (Wildman–Crippen MR) is 103 cm³/mol. The molecule has 0 aliphatic heterocycles. The fraction of sp³-hybridized carbons (Fsp3) is 0.316. The molecule has 0 saturated heterocycles. The summed E-state index contributed by atoms with van der Waals surface area (Å²) in [6.07, 6.45) is 1.11. The number of nitrogens with one attached hydrogen (secondary N) is 1. The summed E-state index contributed by atoms with van der Waals surface area (Å²) in [5, 5.41) is 2.84. The molecule has 0 bridgehead atoms. The largest absolute Gasteiger partial charge is 0.324 e. The van der Waals surface area contributed by atoms with Gasteiger partial charge < -0.3 is 5.32 Å². The zero-order valence-electron chi connectivity index (χ0n) is 15.3. The molecule has 2 rings (SSSR count). The van der Waals surface area contributed by atoms with Crippen molar-refractivity contribution in [3.05, 3.63) is 58.7 Å². The van der Waals surface area contributed by atoms with Crippen molar-refractivity contribution in [1.82, 2.24) is 0 Å². The van der Waals surface area contributed by atoms with Gasteiger partial charge in [-0.2, -0.15) is 0 Å².